The maximum Gasteiger partial charge on any atom is 0.149 e. The van der Waals surface area contributed by atoms with Gasteiger partial charge in [0.25, 0.3) is 0 Å². The Morgan fingerprint density at radius 1 is 1.05 bits per heavy atom. The largest absolute Gasteiger partial charge is 0.304 e. The first kappa shape index (κ1) is 13.6. The molecule has 0 radical (unpaired) electrons. The molecule has 1 N–H and O–H groups in total. The minimum absolute atomic E-state index is 0.0470. The lowest BCUT2D eigenvalue weighted by molar-refractivity contribution is 0.598. The predicted octanol–water partition coefficient (Wildman–Crippen LogP) is 3.03. The number of pyridine rings is 1. The highest BCUT2D eigenvalue weighted by Crippen LogP contribution is 2.26. The summed E-state index contributed by atoms with van der Waals surface area (Å²) >= 11 is 0. The molecule has 1 atom stereocenters. The van der Waals surface area contributed by atoms with E-state index in [9.17, 15) is 0 Å². The molecular formula is C17H18N4. The fourth-order valence-electron chi connectivity index (χ4n) is 2.47. The van der Waals surface area contributed by atoms with Crippen LogP contribution in [0.4, 0.5) is 0 Å². The molecule has 0 saturated carbocycles. The van der Waals surface area contributed by atoms with E-state index >= 15 is 0 Å². The molecule has 0 aliphatic heterocycles. The Balaban J connectivity index is 2.13. The smallest absolute Gasteiger partial charge is 0.149 e. The fraction of sp³-hybridized carbons (Fsp3) is 0.235. The number of rotatable bonds is 4. The van der Waals surface area contributed by atoms with Crippen molar-refractivity contribution < 1.29 is 0 Å². The Kier molecular flexibility index (Phi) is 3.88. The summed E-state index contributed by atoms with van der Waals surface area (Å²) in [5.41, 5.74) is 2.17. The first-order chi connectivity index (χ1) is 10.3. The molecule has 0 saturated heterocycles. The first-order valence-electron chi connectivity index (χ1n) is 7.14. The lowest BCUT2D eigenvalue weighted by Gasteiger charge is -2.18. The van der Waals surface area contributed by atoms with E-state index in [1.54, 1.807) is 0 Å². The predicted molar refractivity (Wildman–Crippen MR) is 84.0 cm³/mol. The van der Waals surface area contributed by atoms with Crippen molar-refractivity contribution >= 4 is 10.8 Å². The number of nitrogens with zero attached hydrogens (tertiary/aromatic N) is 3. The molecule has 0 aliphatic carbocycles. The third-order valence-electron chi connectivity index (χ3n) is 3.48. The van der Waals surface area contributed by atoms with Gasteiger partial charge in [-0.3, -0.25) is 4.98 Å². The van der Waals surface area contributed by atoms with E-state index in [4.69, 9.17) is 0 Å². The number of benzene rings is 1. The van der Waals surface area contributed by atoms with Gasteiger partial charge in [-0.15, -0.1) is 0 Å². The Morgan fingerprint density at radius 3 is 2.57 bits per heavy atom. The van der Waals surface area contributed by atoms with Crippen LogP contribution < -0.4 is 5.32 Å². The minimum Gasteiger partial charge on any atom is -0.304 e. The SMILES string of the molecule is CCNC(c1ncc(C)cn1)c1cncc2ccccc12. The van der Waals surface area contributed by atoms with Crippen LogP contribution in [-0.4, -0.2) is 21.5 Å². The second-order valence-electron chi connectivity index (χ2n) is 5.06. The number of hydrogen-bond acceptors (Lipinski definition) is 4. The summed E-state index contributed by atoms with van der Waals surface area (Å²) in [5, 5.41) is 5.77. The summed E-state index contributed by atoms with van der Waals surface area (Å²) < 4.78 is 0. The Bertz CT molecular complexity index is 732. The van der Waals surface area contributed by atoms with Crippen molar-refractivity contribution in [2.45, 2.75) is 19.9 Å². The number of aromatic nitrogens is 3. The van der Waals surface area contributed by atoms with E-state index < -0.39 is 0 Å². The summed E-state index contributed by atoms with van der Waals surface area (Å²) in [7, 11) is 0. The normalized spacial score (nSPS) is 12.5. The number of hydrogen-bond donors (Lipinski definition) is 1. The molecule has 0 bridgehead atoms. The molecule has 4 nitrogen and oxygen atoms in total. The molecule has 3 aromatic rings. The molecule has 0 amide bonds. The molecule has 106 valence electrons. The van der Waals surface area contributed by atoms with E-state index in [1.165, 1.54) is 5.39 Å². The van der Waals surface area contributed by atoms with Crippen molar-refractivity contribution in [2.24, 2.45) is 0 Å². The summed E-state index contributed by atoms with van der Waals surface area (Å²) in [5.74, 6) is 0.778. The van der Waals surface area contributed by atoms with Gasteiger partial charge in [0, 0.05) is 35.7 Å². The maximum atomic E-state index is 4.48. The summed E-state index contributed by atoms with van der Waals surface area (Å²) in [6, 6.07) is 8.22. The van der Waals surface area contributed by atoms with Crippen LogP contribution in [0.2, 0.25) is 0 Å². The lowest BCUT2D eigenvalue weighted by atomic mass is 10.0. The fourth-order valence-corrected chi connectivity index (χ4v) is 2.47. The van der Waals surface area contributed by atoms with Gasteiger partial charge in [0.1, 0.15) is 5.82 Å². The van der Waals surface area contributed by atoms with Crippen molar-refractivity contribution in [1.29, 1.82) is 0 Å². The van der Waals surface area contributed by atoms with Crippen LogP contribution in [0.15, 0.2) is 49.1 Å². The molecule has 0 fully saturated rings. The molecule has 4 heteroatoms. The van der Waals surface area contributed by atoms with E-state index in [0.717, 1.165) is 28.9 Å². The Labute approximate surface area is 124 Å². The Hall–Kier alpha value is -2.33. The van der Waals surface area contributed by atoms with Gasteiger partial charge in [-0.25, -0.2) is 9.97 Å². The van der Waals surface area contributed by atoms with Crippen molar-refractivity contribution in [1.82, 2.24) is 20.3 Å². The van der Waals surface area contributed by atoms with Gasteiger partial charge in [-0.2, -0.15) is 0 Å². The van der Waals surface area contributed by atoms with Crippen molar-refractivity contribution in [3.05, 3.63) is 66.0 Å². The second-order valence-corrected chi connectivity index (χ2v) is 5.06. The molecule has 3 rings (SSSR count). The van der Waals surface area contributed by atoms with Crippen LogP contribution in [0.25, 0.3) is 10.8 Å². The van der Waals surface area contributed by atoms with Crippen LogP contribution in [-0.2, 0) is 0 Å². The van der Waals surface area contributed by atoms with E-state index in [-0.39, 0.29) is 6.04 Å². The summed E-state index contributed by atoms with van der Waals surface area (Å²) in [6.45, 7) is 4.91. The van der Waals surface area contributed by atoms with E-state index in [0.29, 0.717) is 0 Å². The van der Waals surface area contributed by atoms with Gasteiger partial charge in [-0.1, -0.05) is 31.2 Å². The third-order valence-corrected chi connectivity index (χ3v) is 3.48. The maximum absolute atomic E-state index is 4.48. The number of aryl methyl sites for hydroxylation is 1. The van der Waals surface area contributed by atoms with Crippen LogP contribution in [0.5, 0.6) is 0 Å². The molecule has 21 heavy (non-hydrogen) atoms. The monoisotopic (exact) mass is 278 g/mol. The van der Waals surface area contributed by atoms with Crippen LogP contribution >= 0.6 is 0 Å². The first-order valence-corrected chi connectivity index (χ1v) is 7.14. The molecule has 2 heterocycles. The standard InChI is InChI=1S/C17H18N4/c1-3-19-16(17-20-8-12(2)9-21-17)15-11-18-10-13-6-4-5-7-14(13)15/h4-11,16,19H,3H2,1-2H3. The highest BCUT2D eigenvalue weighted by Gasteiger charge is 2.18. The molecule has 0 spiro atoms. The molecule has 1 unspecified atom stereocenters. The molecule has 2 aromatic heterocycles. The van der Waals surface area contributed by atoms with Crippen molar-refractivity contribution in [2.75, 3.05) is 6.54 Å². The van der Waals surface area contributed by atoms with Gasteiger partial charge < -0.3 is 5.32 Å². The Morgan fingerprint density at radius 2 is 1.81 bits per heavy atom. The van der Waals surface area contributed by atoms with Gasteiger partial charge in [0.2, 0.25) is 0 Å². The lowest BCUT2D eigenvalue weighted by Crippen LogP contribution is -2.24. The van der Waals surface area contributed by atoms with Crippen LogP contribution in [0.3, 0.4) is 0 Å². The van der Waals surface area contributed by atoms with Crippen LogP contribution in [0.1, 0.15) is 29.9 Å². The zero-order valence-corrected chi connectivity index (χ0v) is 12.2. The molecular weight excluding hydrogens is 260 g/mol. The van der Waals surface area contributed by atoms with Gasteiger partial charge in [0.15, 0.2) is 0 Å². The topological polar surface area (TPSA) is 50.7 Å². The average Bonchev–Trinajstić information content (AvgIpc) is 2.53. The molecule has 0 aliphatic rings. The third kappa shape index (κ3) is 2.76. The zero-order valence-electron chi connectivity index (χ0n) is 12.2. The minimum atomic E-state index is -0.0470. The van der Waals surface area contributed by atoms with Crippen molar-refractivity contribution in [3.8, 4) is 0 Å². The summed E-state index contributed by atoms with van der Waals surface area (Å²) in [4.78, 5) is 13.3. The quantitative estimate of drug-likeness (QED) is 0.797. The highest BCUT2D eigenvalue weighted by atomic mass is 15.0. The summed E-state index contributed by atoms with van der Waals surface area (Å²) in [6.07, 6.45) is 7.49. The number of fused-ring (bicyclic) bond motifs is 1. The van der Waals surface area contributed by atoms with E-state index in [1.807, 2.05) is 43.8 Å². The van der Waals surface area contributed by atoms with Crippen molar-refractivity contribution in [3.63, 3.8) is 0 Å². The van der Waals surface area contributed by atoms with Gasteiger partial charge in [0.05, 0.1) is 6.04 Å². The highest BCUT2D eigenvalue weighted by molar-refractivity contribution is 5.85. The number of nitrogens with one attached hydrogen (secondary N) is 1. The van der Waals surface area contributed by atoms with E-state index in [2.05, 4.69) is 39.3 Å². The average molecular weight is 278 g/mol. The zero-order chi connectivity index (χ0) is 14.7. The molecule has 1 aromatic carbocycles. The van der Waals surface area contributed by atoms with Gasteiger partial charge in [-0.05, 0) is 24.4 Å². The van der Waals surface area contributed by atoms with Gasteiger partial charge >= 0.3 is 0 Å². The van der Waals surface area contributed by atoms with Crippen LogP contribution in [0, 0.1) is 6.92 Å². The second kappa shape index (κ2) is 5.97.